The van der Waals surface area contributed by atoms with Gasteiger partial charge in [0.25, 0.3) is 0 Å². The van der Waals surface area contributed by atoms with E-state index in [9.17, 15) is 26.5 Å². The number of unbranched alkanes of at least 4 members (excludes halogenated alkanes) is 2. The van der Waals surface area contributed by atoms with E-state index in [0.717, 1.165) is 29.7 Å². The smallest absolute Gasteiger partial charge is 0.453 e. The molecule has 0 aliphatic heterocycles. The lowest BCUT2D eigenvalue weighted by molar-refractivity contribution is -0.284. The van der Waals surface area contributed by atoms with E-state index >= 15 is 0 Å². The monoisotopic (exact) mass is 704 g/mol. The van der Waals surface area contributed by atoms with Gasteiger partial charge in [-0.1, -0.05) is 72.7 Å². The molecule has 3 rings (SSSR count). The van der Waals surface area contributed by atoms with Crippen LogP contribution in [0.4, 0.5) is 22.0 Å². The van der Waals surface area contributed by atoms with E-state index in [-0.39, 0.29) is 11.5 Å². The van der Waals surface area contributed by atoms with E-state index in [0.29, 0.717) is 19.4 Å². The minimum absolute atomic E-state index is 0.156. The first kappa shape index (κ1) is 33.4. The van der Waals surface area contributed by atoms with Crippen molar-refractivity contribution in [3.8, 4) is 5.75 Å². The number of benzene rings is 3. The molecular weight excluding hydrogens is 670 g/mol. The first-order valence-electron chi connectivity index (χ1n) is 13.6. The highest BCUT2D eigenvalue weighted by Gasteiger charge is 2.56. The highest BCUT2D eigenvalue weighted by molar-refractivity contribution is 14.1. The van der Waals surface area contributed by atoms with E-state index < -0.39 is 36.1 Å². The maximum Gasteiger partial charge on any atom is 0.453 e. The van der Waals surface area contributed by atoms with Gasteiger partial charge in [0, 0.05) is 9.99 Å². The van der Waals surface area contributed by atoms with Crippen LogP contribution in [0.15, 0.2) is 78.9 Å². The lowest BCUT2D eigenvalue weighted by atomic mass is 9.88. The summed E-state index contributed by atoms with van der Waals surface area (Å²) in [5.41, 5.74) is 5.86. The minimum atomic E-state index is -5.56. The Morgan fingerprint density at radius 1 is 0.756 bits per heavy atom. The molecule has 0 amide bonds. The zero-order valence-corrected chi connectivity index (χ0v) is 25.8. The van der Waals surface area contributed by atoms with E-state index in [1.165, 1.54) is 20.3 Å². The largest absolute Gasteiger partial charge is 0.616 e. The molecule has 0 bridgehead atoms. The van der Waals surface area contributed by atoms with Crippen LogP contribution in [-0.4, -0.2) is 34.8 Å². The van der Waals surface area contributed by atoms with Gasteiger partial charge < -0.3 is 9.29 Å². The van der Waals surface area contributed by atoms with Crippen molar-refractivity contribution in [2.24, 2.45) is 0 Å². The first-order valence-corrected chi connectivity index (χ1v) is 16.2. The molecular formula is C32H34F5IO2S. The van der Waals surface area contributed by atoms with Crippen LogP contribution in [0.2, 0.25) is 0 Å². The Kier molecular flexibility index (Phi) is 13.0. The Bertz CT molecular complexity index is 1230. The van der Waals surface area contributed by atoms with Crippen molar-refractivity contribution in [1.29, 1.82) is 0 Å². The van der Waals surface area contributed by atoms with Gasteiger partial charge in [-0.2, -0.15) is 22.0 Å². The van der Waals surface area contributed by atoms with Crippen LogP contribution in [0.5, 0.6) is 5.75 Å². The lowest BCUT2D eigenvalue weighted by Crippen LogP contribution is -2.36. The number of hydrogen-bond donors (Lipinski definition) is 0. The van der Waals surface area contributed by atoms with E-state index in [4.69, 9.17) is 4.74 Å². The molecule has 2 nitrogen and oxygen atoms in total. The van der Waals surface area contributed by atoms with Crippen LogP contribution in [0.3, 0.4) is 0 Å². The molecule has 0 radical (unpaired) electrons. The third kappa shape index (κ3) is 10.3. The second-order valence-electron chi connectivity index (χ2n) is 9.67. The maximum atomic E-state index is 12.9. The quantitative estimate of drug-likeness (QED) is 0.0519. The molecule has 1 atom stereocenters. The molecule has 41 heavy (non-hydrogen) atoms. The van der Waals surface area contributed by atoms with Gasteiger partial charge in [-0.15, -0.1) is 0 Å². The molecule has 0 aliphatic rings. The Hall–Kier alpha value is -2.11. The van der Waals surface area contributed by atoms with Crippen LogP contribution >= 0.6 is 22.6 Å². The van der Waals surface area contributed by atoms with Crippen molar-refractivity contribution in [3.63, 3.8) is 0 Å². The Morgan fingerprint density at radius 3 is 1.93 bits per heavy atom. The fraction of sp³-hybridized carbons (Fsp3) is 0.375. The highest BCUT2D eigenvalue weighted by atomic mass is 127. The lowest BCUT2D eigenvalue weighted by Gasteiger charge is -2.19. The van der Waals surface area contributed by atoms with E-state index in [1.54, 1.807) is 0 Å². The predicted octanol–water partition coefficient (Wildman–Crippen LogP) is 9.94. The van der Waals surface area contributed by atoms with Crippen molar-refractivity contribution in [2.45, 2.75) is 57.5 Å². The summed E-state index contributed by atoms with van der Waals surface area (Å²) in [6, 6.07) is 26.9. The summed E-state index contributed by atoms with van der Waals surface area (Å²) in [5.74, 6) is -3.87. The molecule has 9 heteroatoms. The molecule has 0 saturated heterocycles. The fourth-order valence-corrected chi connectivity index (χ4v) is 6.00. The summed E-state index contributed by atoms with van der Waals surface area (Å²) in [7, 11) is 0. The van der Waals surface area contributed by atoms with Crippen molar-refractivity contribution in [1.82, 2.24) is 0 Å². The SMILES string of the molecule is CCC(=C(c1ccc(I)cc1)c1ccc(OCCCCC[S+]([O-])CCCC(F)(F)C(F)(F)F)cc1)c1ccccc1. The number of rotatable bonds is 15. The molecule has 1 unspecified atom stereocenters. The standard InChI is InChI=1S/C32H34F5IO2S/c1-2-29(24-10-5-3-6-11-24)30(25-12-16-27(38)17-13-25)26-14-18-28(19-15-26)40-21-7-4-8-22-41(39)23-9-20-31(33,34)32(35,36)37/h3,5-6,10-19H,2,4,7-9,20-23H2,1H3. The second-order valence-corrected chi connectivity index (χ2v) is 12.6. The Morgan fingerprint density at radius 2 is 1.34 bits per heavy atom. The summed E-state index contributed by atoms with van der Waals surface area (Å²) in [5, 5.41) is 0. The molecule has 3 aromatic carbocycles. The second kappa shape index (κ2) is 15.9. The number of halogens is 6. The molecule has 222 valence electrons. The summed E-state index contributed by atoms with van der Waals surface area (Å²) in [6.45, 7) is 2.63. The molecule has 3 aromatic rings. The van der Waals surface area contributed by atoms with Gasteiger partial charge in [-0.05, 0) is 107 Å². The van der Waals surface area contributed by atoms with Crippen molar-refractivity contribution < 1.29 is 31.2 Å². The average Bonchev–Trinajstić information content (AvgIpc) is 2.94. The van der Waals surface area contributed by atoms with Gasteiger partial charge in [0.15, 0.2) is 0 Å². The summed E-state index contributed by atoms with van der Waals surface area (Å²) in [4.78, 5) is 0. The molecule has 0 saturated carbocycles. The normalized spacial score (nSPS) is 13.6. The van der Waals surface area contributed by atoms with Gasteiger partial charge in [0.05, 0.1) is 6.61 Å². The number of ether oxygens (including phenoxy) is 1. The van der Waals surface area contributed by atoms with E-state index in [2.05, 4.69) is 78.0 Å². The van der Waals surface area contributed by atoms with Crippen molar-refractivity contribution in [2.75, 3.05) is 18.1 Å². The molecule has 0 heterocycles. The Labute approximate surface area is 255 Å². The average molecular weight is 705 g/mol. The van der Waals surface area contributed by atoms with Crippen molar-refractivity contribution in [3.05, 3.63) is 99.1 Å². The topological polar surface area (TPSA) is 32.3 Å². The maximum absolute atomic E-state index is 12.9. The summed E-state index contributed by atoms with van der Waals surface area (Å²) < 4.78 is 81.5. The van der Waals surface area contributed by atoms with Crippen LogP contribution in [0.1, 0.15) is 62.1 Å². The number of alkyl halides is 5. The highest BCUT2D eigenvalue weighted by Crippen LogP contribution is 2.39. The van der Waals surface area contributed by atoms with Gasteiger partial charge in [0.1, 0.15) is 17.3 Å². The molecule has 0 aromatic heterocycles. The van der Waals surface area contributed by atoms with Gasteiger partial charge in [0.2, 0.25) is 0 Å². The molecule has 0 N–H and O–H groups in total. The third-order valence-corrected chi connectivity index (χ3v) is 8.82. The summed E-state index contributed by atoms with van der Waals surface area (Å²) in [6.07, 6.45) is -4.42. The van der Waals surface area contributed by atoms with Crippen LogP contribution < -0.4 is 4.74 Å². The molecule has 0 spiro atoms. The van der Waals surface area contributed by atoms with Gasteiger partial charge in [-0.25, -0.2) is 0 Å². The zero-order chi connectivity index (χ0) is 29.9. The predicted molar refractivity (Wildman–Crippen MR) is 166 cm³/mol. The zero-order valence-electron chi connectivity index (χ0n) is 22.9. The van der Waals surface area contributed by atoms with Crippen molar-refractivity contribution >= 4 is 44.9 Å². The number of allylic oxidation sites excluding steroid dienone is 1. The van der Waals surface area contributed by atoms with Gasteiger partial charge >= 0.3 is 12.1 Å². The Balaban J connectivity index is 1.51. The van der Waals surface area contributed by atoms with Crippen LogP contribution in [0, 0.1) is 3.57 Å². The molecule has 0 aliphatic carbocycles. The summed E-state index contributed by atoms with van der Waals surface area (Å²) >= 11 is 0.892. The molecule has 0 fully saturated rings. The van der Waals surface area contributed by atoms with Crippen LogP contribution in [-0.2, 0) is 11.2 Å². The fourth-order valence-electron chi connectivity index (χ4n) is 4.44. The number of hydrogen-bond acceptors (Lipinski definition) is 2. The van der Waals surface area contributed by atoms with Crippen LogP contribution in [0.25, 0.3) is 11.1 Å². The third-order valence-electron chi connectivity index (χ3n) is 6.62. The minimum Gasteiger partial charge on any atom is -0.616 e. The van der Waals surface area contributed by atoms with E-state index in [1.807, 2.05) is 30.3 Å². The first-order chi connectivity index (χ1) is 19.5. The van der Waals surface area contributed by atoms with Gasteiger partial charge in [-0.3, -0.25) is 0 Å².